The SMILES string of the molecule is COc1nc(OC)nc(N(C#N)CN2C(=O)c3ccccc3C2=O)n1. The molecule has 10 heteroatoms. The summed E-state index contributed by atoms with van der Waals surface area (Å²) in [6, 6.07) is 6.31. The van der Waals surface area contributed by atoms with Crippen LogP contribution in [0, 0.1) is 11.5 Å². The Bertz CT molecular complexity index is 837. The predicted octanol–water partition coefficient (Wildman–Crippen LogP) is 0.430. The van der Waals surface area contributed by atoms with E-state index in [1.165, 1.54) is 14.2 Å². The molecule has 0 N–H and O–H groups in total. The van der Waals surface area contributed by atoms with Gasteiger partial charge in [-0.05, 0) is 12.1 Å². The molecule has 25 heavy (non-hydrogen) atoms. The number of hydrogen-bond donors (Lipinski definition) is 0. The van der Waals surface area contributed by atoms with Crippen LogP contribution >= 0.6 is 0 Å². The Hall–Kier alpha value is -3.74. The van der Waals surface area contributed by atoms with Gasteiger partial charge in [0.25, 0.3) is 11.8 Å². The molecule has 1 aromatic carbocycles. The Morgan fingerprint density at radius 1 is 1.04 bits per heavy atom. The highest BCUT2D eigenvalue weighted by molar-refractivity contribution is 6.21. The van der Waals surface area contributed by atoms with E-state index in [2.05, 4.69) is 15.0 Å². The van der Waals surface area contributed by atoms with Crippen LogP contribution in [-0.4, -0.2) is 52.6 Å². The summed E-state index contributed by atoms with van der Waals surface area (Å²) >= 11 is 0. The highest BCUT2D eigenvalue weighted by atomic mass is 16.5. The molecule has 3 rings (SSSR count). The molecule has 2 heterocycles. The summed E-state index contributed by atoms with van der Waals surface area (Å²) in [4.78, 5) is 38.4. The number of nitriles is 1. The minimum Gasteiger partial charge on any atom is -0.467 e. The van der Waals surface area contributed by atoms with Gasteiger partial charge in [0.15, 0.2) is 6.19 Å². The number of nitrogens with zero attached hydrogens (tertiary/aromatic N) is 6. The van der Waals surface area contributed by atoms with Gasteiger partial charge in [0.2, 0.25) is 5.95 Å². The Morgan fingerprint density at radius 3 is 2.00 bits per heavy atom. The number of fused-ring (bicyclic) bond motifs is 1. The molecule has 0 fully saturated rings. The van der Waals surface area contributed by atoms with Crippen molar-refractivity contribution in [3.63, 3.8) is 0 Å². The second kappa shape index (κ2) is 6.40. The summed E-state index contributed by atoms with van der Waals surface area (Å²) in [5.74, 6) is -1.09. The van der Waals surface area contributed by atoms with Crippen molar-refractivity contribution < 1.29 is 19.1 Å². The van der Waals surface area contributed by atoms with E-state index in [9.17, 15) is 14.9 Å². The fourth-order valence-electron chi connectivity index (χ4n) is 2.28. The zero-order valence-corrected chi connectivity index (χ0v) is 13.3. The fraction of sp³-hybridized carbons (Fsp3) is 0.200. The third-order valence-corrected chi connectivity index (χ3v) is 3.47. The minimum atomic E-state index is -0.492. The van der Waals surface area contributed by atoms with Crippen molar-refractivity contribution in [1.29, 1.82) is 5.26 Å². The van der Waals surface area contributed by atoms with E-state index in [4.69, 9.17) is 9.47 Å². The van der Waals surface area contributed by atoms with Gasteiger partial charge < -0.3 is 9.47 Å². The van der Waals surface area contributed by atoms with Gasteiger partial charge in [-0.1, -0.05) is 12.1 Å². The number of imide groups is 1. The quantitative estimate of drug-likeness (QED) is 0.433. The van der Waals surface area contributed by atoms with Crippen LogP contribution in [0.25, 0.3) is 0 Å². The molecule has 2 amide bonds. The van der Waals surface area contributed by atoms with Gasteiger partial charge in [0.05, 0.1) is 25.3 Å². The highest BCUT2D eigenvalue weighted by Crippen LogP contribution is 2.24. The summed E-state index contributed by atoms with van der Waals surface area (Å²) in [7, 11) is 2.69. The Kier molecular flexibility index (Phi) is 4.13. The molecule has 0 atom stereocenters. The first-order valence-corrected chi connectivity index (χ1v) is 7.05. The molecule has 0 spiro atoms. The lowest BCUT2D eigenvalue weighted by molar-refractivity contribution is 0.0658. The smallest absolute Gasteiger partial charge is 0.324 e. The Morgan fingerprint density at radius 2 is 1.56 bits per heavy atom. The van der Waals surface area contributed by atoms with Crippen LogP contribution in [0.5, 0.6) is 12.0 Å². The molecule has 10 nitrogen and oxygen atoms in total. The van der Waals surface area contributed by atoms with Crippen molar-refractivity contribution in [2.45, 2.75) is 0 Å². The predicted molar refractivity (Wildman–Crippen MR) is 82.8 cm³/mol. The molecule has 0 saturated carbocycles. The van der Waals surface area contributed by atoms with Gasteiger partial charge in [-0.2, -0.15) is 15.2 Å². The molecule has 1 aliphatic rings. The van der Waals surface area contributed by atoms with Crippen LogP contribution in [0.4, 0.5) is 5.95 Å². The number of rotatable bonds is 5. The van der Waals surface area contributed by atoms with Gasteiger partial charge >= 0.3 is 12.0 Å². The van der Waals surface area contributed by atoms with Crippen LogP contribution in [0.15, 0.2) is 24.3 Å². The summed E-state index contributed by atoms with van der Waals surface area (Å²) in [6.07, 6.45) is 1.84. The lowest BCUT2D eigenvalue weighted by Gasteiger charge is -2.20. The minimum absolute atomic E-state index is 0.0653. The number of carbonyl (C=O) groups is 2. The van der Waals surface area contributed by atoms with E-state index in [1.807, 2.05) is 6.19 Å². The van der Waals surface area contributed by atoms with Gasteiger partial charge in [-0.25, -0.2) is 4.90 Å². The van der Waals surface area contributed by atoms with Gasteiger partial charge in [-0.15, -0.1) is 4.98 Å². The average Bonchev–Trinajstić information content (AvgIpc) is 2.90. The molecular weight excluding hydrogens is 328 g/mol. The number of methoxy groups -OCH3 is 2. The second-order valence-corrected chi connectivity index (χ2v) is 4.86. The number of carbonyl (C=O) groups excluding carboxylic acids is 2. The molecule has 0 saturated heterocycles. The molecule has 0 unspecified atom stereocenters. The maximum atomic E-state index is 12.4. The molecule has 0 radical (unpaired) electrons. The van der Waals surface area contributed by atoms with E-state index in [-0.39, 0.29) is 35.8 Å². The van der Waals surface area contributed by atoms with Crippen LogP contribution < -0.4 is 14.4 Å². The normalized spacial score (nSPS) is 12.6. The summed E-state index contributed by atoms with van der Waals surface area (Å²) < 4.78 is 9.86. The van der Waals surface area contributed by atoms with E-state index < -0.39 is 11.8 Å². The lowest BCUT2D eigenvalue weighted by Crippen LogP contribution is -2.40. The zero-order valence-electron chi connectivity index (χ0n) is 13.3. The number of anilines is 1. The topological polar surface area (TPSA) is 122 Å². The second-order valence-electron chi connectivity index (χ2n) is 4.86. The molecule has 0 aliphatic carbocycles. The van der Waals surface area contributed by atoms with Gasteiger partial charge in [0, 0.05) is 0 Å². The summed E-state index contributed by atoms with van der Waals surface area (Å²) in [5, 5.41) is 9.40. The fourth-order valence-corrected chi connectivity index (χ4v) is 2.28. The third-order valence-electron chi connectivity index (χ3n) is 3.47. The van der Waals surface area contributed by atoms with E-state index >= 15 is 0 Å². The largest absolute Gasteiger partial charge is 0.467 e. The molecule has 0 bridgehead atoms. The maximum absolute atomic E-state index is 12.4. The zero-order chi connectivity index (χ0) is 18.0. The first-order valence-electron chi connectivity index (χ1n) is 7.05. The van der Waals surface area contributed by atoms with Crippen molar-refractivity contribution in [2.75, 3.05) is 25.8 Å². The lowest BCUT2D eigenvalue weighted by atomic mass is 10.1. The number of amides is 2. The Labute approximate surface area is 142 Å². The van der Waals surface area contributed by atoms with E-state index in [0.29, 0.717) is 0 Å². The number of aromatic nitrogens is 3. The van der Waals surface area contributed by atoms with Crippen molar-refractivity contribution in [3.05, 3.63) is 35.4 Å². The van der Waals surface area contributed by atoms with Crippen LogP contribution in [0.2, 0.25) is 0 Å². The molecule has 2 aromatic rings. The maximum Gasteiger partial charge on any atom is 0.324 e. The van der Waals surface area contributed by atoms with Crippen LogP contribution in [0.3, 0.4) is 0 Å². The van der Waals surface area contributed by atoms with Crippen LogP contribution in [-0.2, 0) is 0 Å². The van der Waals surface area contributed by atoms with Crippen molar-refractivity contribution in [3.8, 4) is 18.2 Å². The molecule has 126 valence electrons. The van der Waals surface area contributed by atoms with Gasteiger partial charge in [-0.3, -0.25) is 14.5 Å². The van der Waals surface area contributed by atoms with E-state index in [1.54, 1.807) is 24.3 Å². The standard InChI is InChI=1S/C15H12N6O4/c1-24-14-17-13(18-15(19-14)25-2)20(7-16)8-21-11(22)9-5-3-4-6-10(9)12(21)23/h3-6H,8H2,1-2H3. The highest BCUT2D eigenvalue weighted by Gasteiger charge is 2.36. The van der Waals surface area contributed by atoms with E-state index in [0.717, 1.165) is 9.80 Å². The monoisotopic (exact) mass is 340 g/mol. The summed E-state index contributed by atoms with van der Waals surface area (Å²) in [6.45, 7) is -0.348. The van der Waals surface area contributed by atoms with Crippen molar-refractivity contribution >= 4 is 17.8 Å². The Balaban J connectivity index is 1.91. The van der Waals surface area contributed by atoms with Crippen molar-refractivity contribution in [2.24, 2.45) is 0 Å². The van der Waals surface area contributed by atoms with Crippen molar-refractivity contribution in [1.82, 2.24) is 19.9 Å². The number of hydrogen-bond acceptors (Lipinski definition) is 9. The summed E-state index contributed by atoms with van der Waals surface area (Å²) in [5.41, 5.74) is 0.576. The first kappa shape index (κ1) is 16.1. The van der Waals surface area contributed by atoms with Gasteiger partial charge in [0.1, 0.15) is 6.67 Å². The first-order chi connectivity index (χ1) is 12.1. The third kappa shape index (κ3) is 2.78. The average molecular weight is 340 g/mol. The van der Waals surface area contributed by atoms with Crippen LogP contribution in [0.1, 0.15) is 20.7 Å². The number of benzene rings is 1. The molecule has 1 aliphatic heterocycles. The molecular formula is C15H12N6O4. The number of ether oxygens (including phenoxy) is 2. The molecule has 1 aromatic heterocycles.